The van der Waals surface area contributed by atoms with Crippen LogP contribution in [0.2, 0.25) is 0 Å². The maximum Gasteiger partial charge on any atom is 0.101 e. The average molecular weight is 114 g/mol. The molecular weight excluding hydrogens is 98.1 g/mol. The fraction of sp³-hybridized carbons (Fsp3) is 0.714. The van der Waals surface area contributed by atoms with Gasteiger partial charge >= 0.3 is 0 Å². The van der Waals surface area contributed by atoms with Crippen LogP contribution in [0.3, 0.4) is 0 Å². The Labute approximate surface area is 52.2 Å². The van der Waals surface area contributed by atoms with Crippen LogP contribution < -0.4 is 0 Å². The van der Waals surface area contributed by atoms with Crippen molar-refractivity contribution in [1.82, 2.24) is 0 Å². The molecule has 0 amide bonds. The Bertz CT molecular complexity index is 95.4. The summed E-state index contributed by atoms with van der Waals surface area (Å²) in [6, 6.07) is 0. The van der Waals surface area contributed by atoms with Crippen molar-refractivity contribution in [2.45, 2.75) is 13.8 Å². The zero-order valence-electron chi connectivity index (χ0n) is 6.52. The van der Waals surface area contributed by atoms with Crippen LogP contribution in [0, 0.1) is 0 Å². The summed E-state index contributed by atoms with van der Waals surface area (Å²) < 4.78 is 0.941. The predicted octanol–water partition coefficient (Wildman–Crippen LogP) is 1.62. The van der Waals surface area contributed by atoms with Crippen LogP contribution >= 0.6 is 0 Å². The van der Waals surface area contributed by atoms with Gasteiger partial charge in [-0.05, 0) is 13.0 Å². The van der Waals surface area contributed by atoms with Gasteiger partial charge in [0.05, 0.1) is 21.1 Å². The molecule has 0 N–H and O–H groups in total. The monoisotopic (exact) mass is 114 g/mol. The van der Waals surface area contributed by atoms with Crippen molar-refractivity contribution in [3.8, 4) is 0 Å². The summed E-state index contributed by atoms with van der Waals surface area (Å²) >= 11 is 0. The van der Waals surface area contributed by atoms with Crippen LogP contribution in [0.25, 0.3) is 0 Å². The Balaban J connectivity index is 4.03. The van der Waals surface area contributed by atoms with E-state index in [2.05, 4.69) is 41.1 Å². The van der Waals surface area contributed by atoms with Crippen molar-refractivity contribution in [3.05, 3.63) is 11.8 Å². The molecule has 0 aliphatic heterocycles. The molecule has 1 heteroatoms. The molecule has 0 rings (SSSR count). The van der Waals surface area contributed by atoms with Gasteiger partial charge in [-0.25, -0.2) is 0 Å². The first kappa shape index (κ1) is 7.70. The summed E-state index contributed by atoms with van der Waals surface area (Å²) in [6.07, 6.45) is 2.14. The number of nitrogens with zero attached hydrogens (tertiary/aromatic N) is 1. The van der Waals surface area contributed by atoms with Crippen molar-refractivity contribution in [2.75, 3.05) is 21.1 Å². The van der Waals surface area contributed by atoms with E-state index in [0.717, 1.165) is 4.48 Å². The second-order valence-corrected chi connectivity index (χ2v) is 2.94. The van der Waals surface area contributed by atoms with E-state index >= 15 is 0 Å². The van der Waals surface area contributed by atoms with Crippen LogP contribution in [-0.2, 0) is 0 Å². The van der Waals surface area contributed by atoms with E-state index in [1.54, 1.807) is 0 Å². The van der Waals surface area contributed by atoms with Gasteiger partial charge in [-0.2, -0.15) is 0 Å². The van der Waals surface area contributed by atoms with Crippen LogP contribution in [-0.4, -0.2) is 25.6 Å². The number of rotatable bonds is 1. The topological polar surface area (TPSA) is 0 Å². The molecule has 0 fully saturated rings. The van der Waals surface area contributed by atoms with E-state index in [4.69, 9.17) is 0 Å². The molecule has 0 aromatic heterocycles. The molecule has 0 spiro atoms. The minimum Gasteiger partial charge on any atom is -0.303 e. The Morgan fingerprint density at radius 3 is 1.62 bits per heavy atom. The van der Waals surface area contributed by atoms with Gasteiger partial charge in [-0.1, -0.05) is 0 Å². The van der Waals surface area contributed by atoms with E-state index in [9.17, 15) is 0 Å². The minimum atomic E-state index is 0.941. The van der Waals surface area contributed by atoms with E-state index in [1.807, 2.05) is 0 Å². The number of allylic oxidation sites excluding steroid dienone is 2. The van der Waals surface area contributed by atoms with Crippen molar-refractivity contribution < 1.29 is 4.48 Å². The van der Waals surface area contributed by atoms with Gasteiger partial charge in [-0.15, -0.1) is 0 Å². The van der Waals surface area contributed by atoms with E-state index in [0.29, 0.717) is 0 Å². The number of hydrogen-bond donors (Lipinski definition) is 0. The lowest BCUT2D eigenvalue weighted by Crippen LogP contribution is -2.31. The number of hydrogen-bond acceptors (Lipinski definition) is 0. The SMILES string of the molecule is C/C=C(/C)[N+](C)(C)C. The van der Waals surface area contributed by atoms with Gasteiger partial charge < -0.3 is 4.48 Å². The maximum absolute atomic E-state index is 2.16. The summed E-state index contributed by atoms with van der Waals surface area (Å²) in [5.74, 6) is 0. The third-order valence-corrected chi connectivity index (χ3v) is 1.48. The molecule has 0 aromatic rings. The molecule has 0 atom stereocenters. The lowest BCUT2D eigenvalue weighted by atomic mass is 10.4. The molecule has 0 bridgehead atoms. The quantitative estimate of drug-likeness (QED) is 0.454. The van der Waals surface area contributed by atoms with Gasteiger partial charge in [-0.3, -0.25) is 0 Å². The second-order valence-electron chi connectivity index (χ2n) is 2.94. The van der Waals surface area contributed by atoms with Crippen LogP contribution in [0.15, 0.2) is 11.8 Å². The van der Waals surface area contributed by atoms with Gasteiger partial charge in [0.15, 0.2) is 0 Å². The molecule has 1 nitrogen and oxygen atoms in total. The smallest absolute Gasteiger partial charge is 0.101 e. The van der Waals surface area contributed by atoms with Gasteiger partial charge in [0.2, 0.25) is 0 Å². The fourth-order valence-electron chi connectivity index (χ4n) is 0.387. The molecule has 48 valence electrons. The highest BCUT2D eigenvalue weighted by Crippen LogP contribution is 2.03. The number of quaternary nitrogens is 1. The second kappa shape index (κ2) is 2.31. The Kier molecular flexibility index (Phi) is 2.23. The normalized spacial score (nSPS) is 14.4. The average Bonchev–Trinajstić information content (AvgIpc) is 1.62. The van der Waals surface area contributed by atoms with Crippen LogP contribution in [0.4, 0.5) is 0 Å². The van der Waals surface area contributed by atoms with Crippen molar-refractivity contribution in [1.29, 1.82) is 0 Å². The highest BCUT2D eigenvalue weighted by atomic mass is 15.3. The summed E-state index contributed by atoms with van der Waals surface area (Å²) in [5, 5.41) is 0. The van der Waals surface area contributed by atoms with Gasteiger partial charge in [0, 0.05) is 6.92 Å². The molecule has 0 unspecified atom stereocenters. The lowest BCUT2D eigenvalue weighted by molar-refractivity contribution is -0.831. The third-order valence-electron chi connectivity index (χ3n) is 1.48. The highest BCUT2D eigenvalue weighted by molar-refractivity contribution is 4.83. The molecule has 0 heterocycles. The molecule has 0 saturated carbocycles. The van der Waals surface area contributed by atoms with E-state index in [-0.39, 0.29) is 0 Å². The van der Waals surface area contributed by atoms with Crippen LogP contribution in [0.1, 0.15) is 13.8 Å². The third kappa shape index (κ3) is 2.12. The molecular formula is C7H16N+. The summed E-state index contributed by atoms with van der Waals surface area (Å²) in [6.45, 7) is 4.21. The predicted molar refractivity (Wildman–Crippen MR) is 37.5 cm³/mol. The van der Waals surface area contributed by atoms with Crippen molar-refractivity contribution in [2.24, 2.45) is 0 Å². The van der Waals surface area contributed by atoms with E-state index < -0.39 is 0 Å². The minimum absolute atomic E-state index is 0.941. The first-order chi connectivity index (χ1) is 3.48. The lowest BCUT2D eigenvalue weighted by Gasteiger charge is -2.23. The van der Waals surface area contributed by atoms with Gasteiger partial charge in [0.25, 0.3) is 0 Å². The van der Waals surface area contributed by atoms with E-state index in [1.165, 1.54) is 5.70 Å². The highest BCUT2D eigenvalue weighted by Gasteiger charge is 2.07. The largest absolute Gasteiger partial charge is 0.303 e. The summed E-state index contributed by atoms with van der Waals surface area (Å²) in [7, 11) is 6.49. The Morgan fingerprint density at radius 2 is 1.62 bits per heavy atom. The molecule has 0 radical (unpaired) electrons. The Morgan fingerprint density at radius 1 is 1.25 bits per heavy atom. The van der Waals surface area contributed by atoms with Gasteiger partial charge in [0.1, 0.15) is 5.70 Å². The first-order valence-corrected chi connectivity index (χ1v) is 2.93. The standard InChI is InChI=1S/C7H16N/c1-6-7(2)8(3,4)5/h6H,1-5H3/q+1/b7-6-. The van der Waals surface area contributed by atoms with Crippen molar-refractivity contribution in [3.63, 3.8) is 0 Å². The molecule has 0 aliphatic rings. The summed E-state index contributed by atoms with van der Waals surface area (Å²) in [5.41, 5.74) is 1.39. The first-order valence-electron chi connectivity index (χ1n) is 2.93. The zero-order valence-corrected chi connectivity index (χ0v) is 6.52. The van der Waals surface area contributed by atoms with Crippen molar-refractivity contribution >= 4 is 0 Å². The Hall–Kier alpha value is -0.300. The summed E-state index contributed by atoms with van der Waals surface area (Å²) in [4.78, 5) is 0. The molecule has 0 aromatic carbocycles. The molecule has 0 aliphatic carbocycles. The van der Waals surface area contributed by atoms with Crippen LogP contribution in [0.5, 0.6) is 0 Å². The zero-order chi connectivity index (χ0) is 6.78. The fourth-order valence-corrected chi connectivity index (χ4v) is 0.387. The molecule has 8 heavy (non-hydrogen) atoms. The maximum atomic E-state index is 2.16. The molecule has 0 saturated heterocycles.